The number of aliphatic carboxylic acids is 1. The minimum absolute atomic E-state index is 0.301. The van der Waals surface area contributed by atoms with Crippen LogP contribution in [0.2, 0.25) is 0 Å². The topological polar surface area (TPSA) is 93.7 Å². The van der Waals surface area contributed by atoms with E-state index >= 15 is 0 Å². The number of imide groups is 1. The average Bonchev–Trinajstić information content (AvgIpc) is 2.96. The van der Waals surface area contributed by atoms with Crippen molar-refractivity contribution >= 4 is 28.8 Å². The van der Waals surface area contributed by atoms with Crippen molar-refractivity contribution in [1.29, 1.82) is 0 Å². The third-order valence-corrected chi connectivity index (χ3v) is 4.33. The largest absolute Gasteiger partial charge is 0.480 e. The first kappa shape index (κ1) is 12.9. The van der Waals surface area contributed by atoms with Crippen LogP contribution in [0, 0.1) is 0 Å². The number of carboxylic acid groups (broad SMARTS) is 1. The Bertz CT molecular complexity index is 825. The van der Waals surface area contributed by atoms with Crippen LogP contribution in [0.3, 0.4) is 0 Å². The molecule has 7 heteroatoms. The van der Waals surface area contributed by atoms with Crippen molar-refractivity contribution in [1.82, 2.24) is 14.8 Å². The van der Waals surface area contributed by atoms with Crippen LogP contribution in [0.5, 0.6) is 0 Å². The summed E-state index contributed by atoms with van der Waals surface area (Å²) in [5.41, 5.74) is 2.93. The van der Waals surface area contributed by atoms with E-state index in [0.29, 0.717) is 13.0 Å². The lowest BCUT2D eigenvalue weighted by Gasteiger charge is -2.26. The van der Waals surface area contributed by atoms with Crippen molar-refractivity contribution in [3.05, 3.63) is 35.5 Å². The van der Waals surface area contributed by atoms with Gasteiger partial charge in [0.15, 0.2) is 0 Å². The molecule has 1 atom stereocenters. The number of hydrogen-bond donors (Lipinski definition) is 2. The molecule has 0 bridgehead atoms. The first-order chi connectivity index (χ1) is 10.6. The van der Waals surface area contributed by atoms with Crippen molar-refractivity contribution in [2.75, 3.05) is 6.54 Å². The van der Waals surface area contributed by atoms with Gasteiger partial charge in [0.2, 0.25) is 0 Å². The third-order valence-electron chi connectivity index (χ3n) is 4.33. The monoisotopic (exact) mass is 299 g/mol. The maximum atomic E-state index is 12.3. The molecule has 1 aromatic heterocycles. The van der Waals surface area contributed by atoms with Crippen LogP contribution >= 0.6 is 0 Å². The van der Waals surface area contributed by atoms with E-state index in [0.717, 1.165) is 27.1 Å². The van der Waals surface area contributed by atoms with Gasteiger partial charge >= 0.3 is 12.0 Å². The zero-order chi connectivity index (χ0) is 15.4. The second-order valence-electron chi connectivity index (χ2n) is 5.58. The lowest BCUT2D eigenvalue weighted by molar-refractivity contribution is -0.141. The molecule has 4 rings (SSSR count). The fourth-order valence-electron chi connectivity index (χ4n) is 3.34. The van der Waals surface area contributed by atoms with Crippen molar-refractivity contribution in [3.63, 3.8) is 0 Å². The first-order valence-electron chi connectivity index (χ1n) is 6.98. The van der Waals surface area contributed by atoms with E-state index in [2.05, 4.69) is 4.98 Å². The summed E-state index contributed by atoms with van der Waals surface area (Å²) < 4.78 is 0. The number of H-pyrrole nitrogens is 1. The van der Waals surface area contributed by atoms with E-state index in [1.165, 1.54) is 4.90 Å². The van der Waals surface area contributed by atoms with E-state index in [4.69, 9.17) is 5.11 Å². The van der Waals surface area contributed by atoms with Gasteiger partial charge in [-0.25, -0.2) is 4.79 Å². The Morgan fingerprint density at radius 2 is 2.09 bits per heavy atom. The highest BCUT2D eigenvalue weighted by atomic mass is 16.4. The van der Waals surface area contributed by atoms with Gasteiger partial charge in [-0.3, -0.25) is 14.5 Å². The summed E-state index contributed by atoms with van der Waals surface area (Å²) >= 11 is 0. The van der Waals surface area contributed by atoms with Crippen LogP contribution in [-0.2, 0) is 22.6 Å². The molecule has 112 valence electrons. The zero-order valence-electron chi connectivity index (χ0n) is 11.6. The van der Waals surface area contributed by atoms with Crippen molar-refractivity contribution in [3.8, 4) is 0 Å². The van der Waals surface area contributed by atoms with Crippen LogP contribution in [0.25, 0.3) is 10.9 Å². The van der Waals surface area contributed by atoms with E-state index in [1.807, 2.05) is 24.3 Å². The molecule has 0 radical (unpaired) electrons. The van der Waals surface area contributed by atoms with Crippen LogP contribution in [0.4, 0.5) is 4.79 Å². The second kappa shape index (κ2) is 4.33. The van der Waals surface area contributed by atoms with Gasteiger partial charge in [-0.2, -0.15) is 0 Å². The van der Waals surface area contributed by atoms with E-state index in [-0.39, 0.29) is 0 Å². The molecule has 1 aromatic carbocycles. The molecule has 22 heavy (non-hydrogen) atoms. The molecule has 7 nitrogen and oxygen atoms in total. The Morgan fingerprint density at radius 3 is 2.86 bits per heavy atom. The highest BCUT2D eigenvalue weighted by Gasteiger charge is 2.48. The predicted molar refractivity (Wildman–Crippen MR) is 76.1 cm³/mol. The van der Waals surface area contributed by atoms with Crippen molar-refractivity contribution in [2.45, 2.75) is 19.0 Å². The number of aromatic nitrogens is 1. The second-order valence-corrected chi connectivity index (χ2v) is 5.58. The lowest BCUT2D eigenvalue weighted by Crippen LogP contribution is -2.39. The summed E-state index contributed by atoms with van der Waals surface area (Å²) in [6.07, 6.45) is 0.417. The van der Waals surface area contributed by atoms with Gasteiger partial charge in [0, 0.05) is 23.0 Å². The maximum absolute atomic E-state index is 12.3. The Balaban J connectivity index is 1.74. The van der Waals surface area contributed by atoms with E-state index in [1.54, 1.807) is 0 Å². The number of fused-ring (bicyclic) bond motifs is 4. The van der Waals surface area contributed by atoms with Crippen LogP contribution in [0.1, 0.15) is 11.3 Å². The van der Waals surface area contributed by atoms with Gasteiger partial charge in [-0.15, -0.1) is 0 Å². The van der Waals surface area contributed by atoms with Crippen LogP contribution in [0.15, 0.2) is 24.3 Å². The van der Waals surface area contributed by atoms with Gasteiger partial charge < -0.3 is 15.0 Å². The molecule has 1 unspecified atom stereocenters. The Hall–Kier alpha value is -2.83. The number of carbonyl (C=O) groups is 3. The van der Waals surface area contributed by atoms with Gasteiger partial charge in [0.25, 0.3) is 5.91 Å². The molecular formula is C15H13N3O4. The summed E-state index contributed by atoms with van der Waals surface area (Å²) in [6.45, 7) is -0.283. The first-order valence-corrected chi connectivity index (χ1v) is 6.98. The summed E-state index contributed by atoms with van der Waals surface area (Å²) in [5, 5.41) is 9.90. The minimum Gasteiger partial charge on any atom is -0.480 e. The quantitative estimate of drug-likeness (QED) is 0.807. The Labute approximate surface area is 125 Å². The number of urea groups is 1. The molecule has 0 aliphatic carbocycles. The molecule has 1 fully saturated rings. The minimum atomic E-state index is -1.19. The van der Waals surface area contributed by atoms with E-state index < -0.39 is 30.5 Å². The van der Waals surface area contributed by atoms with Gasteiger partial charge in [-0.05, 0) is 11.6 Å². The molecule has 2 aliphatic rings. The lowest BCUT2D eigenvalue weighted by atomic mass is 9.97. The molecule has 3 amide bonds. The summed E-state index contributed by atoms with van der Waals surface area (Å²) in [4.78, 5) is 41.0. The normalized spacial score (nSPS) is 20.5. The number of carbonyl (C=O) groups excluding carboxylic acids is 2. The molecule has 2 N–H and O–H groups in total. The number of rotatable bonds is 2. The van der Waals surface area contributed by atoms with Gasteiger partial charge in [0.05, 0.1) is 6.54 Å². The van der Waals surface area contributed by atoms with Crippen molar-refractivity contribution < 1.29 is 19.5 Å². The molecule has 0 spiro atoms. The number of nitrogens with zero attached hydrogens (tertiary/aromatic N) is 2. The predicted octanol–water partition coefficient (Wildman–Crippen LogP) is 0.941. The number of aromatic amines is 1. The Kier molecular flexibility index (Phi) is 2.53. The number of amides is 3. The van der Waals surface area contributed by atoms with E-state index in [9.17, 15) is 14.4 Å². The molecule has 1 saturated heterocycles. The highest BCUT2D eigenvalue weighted by molar-refractivity contribution is 6.06. The summed E-state index contributed by atoms with van der Waals surface area (Å²) in [5.74, 6) is -1.62. The smallest absolute Gasteiger partial charge is 0.328 e. The fraction of sp³-hybridized carbons (Fsp3) is 0.267. The van der Waals surface area contributed by atoms with Gasteiger partial charge in [-0.1, -0.05) is 18.2 Å². The van der Waals surface area contributed by atoms with Gasteiger partial charge in [0.1, 0.15) is 12.6 Å². The maximum Gasteiger partial charge on any atom is 0.328 e. The molecule has 0 saturated carbocycles. The summed E-state index contributed by atoms with van der Waals surface area (Å²) in [6, 6.07) is 6.67. The SMILES string of the molecule is O=C(O)CN1C(=O)C2Cc3c([nH]c4ccccc34)CN2C1=O. The molecule has 2 aliphatic heterocycles. The third kappa shape index (κ3) is 1.65. The number of benzene rings is 1. The average molecular weight is 299 g/mol. The number of nitrogens with one attached hydrogen (secondary N) is 1. The standard InChI is InChI=1S/C15H13N3O4/c19-13(20)7-18-14(21)12-5-9-8-3-1-2-4-10(8)16-11(9)6-17(12)15(18)22/h1-4,12,16H,5-7H2,(H,19,20). The number of carboxylic acids is 1. The Morgan fingerprint density at radius 1 is 1.32 bits per heavy atom. The molecule has 2 aromatic rings. The molecule has 3 heterocycles. The van der Waals surface area contributed by atoms with Crippen LogP contribution in [-0.4, -0.2) is 50.4 Å². The number of para-hydroxylation sites is 1. The van der Waals surface area contributed by atoms with Crippen molar-refractivity contribution in [2.24, 2.45) is 0 Å². The zero-order valence-corrected chi connectivity index (χ0v) is 11.6. The highest BCUT2D eigenvalue weighted by Crippen LogP contribution is 2.34. The fourth-order valence-corrected chi connectivity index (χ4v) is 3.34. The van der Waals surface area contributed by atoms with Crippen LogP contribution < -0.4 is 0 Å². The summed E-state index contributed by atoms with van der Waals surface area (Å²) in [7, 11) is 0. The molecular weight excluding hydrogens is 286 g/mol. The number of hydrogen-bond acceptors (Lipinski definition) is 3.